The third-order valence-electron chi connectivity index (χ3n) is 2.47. The van der Waals surface area contributed by atoms with E-state index >= 15 is 0 Å². The standard InChI is InChI=1S/C12H18IN/c1-8(2)10-6-5-7-11(9(3)4)12(10)14-13/h5-9,14H,1-4H3. The first-order chi connectivity index (χ1) is 6.57. The average molecular weight is 303 g/mol. The molecule has 0 saturated heterocycles. The molecule has 78 valence electrons. The molecule has 0 saturated carbocycles. The average Bonchev–Trinajstić information content (AvgIpc) is 2.16. The summed E-state index contributed by atoms with van der Waals surface area (Å²) in [5, 5.41) is 0. The smallest absolute Gasteiger partial charge is 0.0560 e. The Morgan fingerprint density at radius 3 is 1.71 bits per heavy atom. The Labute approximate surface area is 101 Å². The van der Waals surface area contributed by atoms with Crippen molar-refractivity contribution in [3.05, 3.63) is 29.3 Å². The zero-order valence-corrected chi connectivity index (χ0v) is 11.4. The summed E-state index contributed by atoms with van der Waals surface area (Å²) in [7, 11) is 0. The molecule has 0 radical (unpaired) electrons. The van der Waals surface area contributed by atoms with Gasteiger partial charge in [0.25, 0.3) is 0 Å². The minimum Gasteiger partial charge on any atom is -0.328 e. The third-order valence-corrected chi connectivity index (χ3v) is 3.01. The van der Waals surface area contributed by atoms with E-state index in [9.17, 15) is 0 Å². The molecular formula is C12H18IN. The van der Waals surface area contributed by atoms with E-state index in [0.717, 1.165) is 0 Å². The number of para-hydroxylation sites is 1. The molecule has 1 nitrogen and oxygen atoms in total. The lowest BCUT2D eigenvalue weighted by molar-refractivity contribution is 0.840. The van der Waals surface area contributed by atoms with Gasteiger partial charge >= 0.3 is 0 Å². The maximum absolute atomic E-state index is 3.30. The minimum atomic E-state index is 0.575. The number of nitrogens with one attached hydrogen (secondary N) is 1. The highest BCUT2D eigenvalue weighted by molar-refractivity contribution is 14.1. The van der Waals surface area contributed by atoms with Gasteiger partial charge in [-0.3, -0.25) is 0 Å². The summed E-state index contributed by atoms with van der Waals surface area (Å²) < 4.78 is 3.30. The molecule has 0 fully saturated rings. The summed E-state index contributed by atoms with van der Waals surface area (Å²) in [5.41, 5.74) is 4.12. The van der Waals surface area contributed by atoms with E-state index in [1.165, 1.54) is 16.8 Å². The lowest BCUT2D eigenvalue weighted by atomic mass is 9.93. The molecular weight excluding hydrogens is 285 g/mol. The van der Waals surface area contributed by atoms with E-state index in [1.54, 1.807) is 0 Å². The maximum Gasteiger partial charge on any atom is 0.0560 e. The first-order valence-electron chi connectivity index (χ1n) is 5.07. The Balaban J connectivity index is 3.25. The fourth-order valence-electron chi connectivity index (χ4n) is 1.66. The second-order valence-corrected chi connectivity index (χ2v) is 4.75. The molecule has 0 atom stereocenters. The number of hydrogen-bond acceptors (Lipinski definition) is 1. The third kappa shape index (κ3) is 2.41. The van der Waals surface area contributed by atoms with Crippen LogP contribution in [0, 0.1) is 0 Å². The fraction of sp³-hybridized carbons (Fsp3) is 0.500. The van der Waals surface area contributed by atoms with E-state index in [-0.39, 0.29) is 0 Å². The molecule has 0 bridgehead atoms. The van der Waals surface area contributed by atoms with Crippen LogP contribution in [0.15, 0.2) is 18.2 Å². The van der Waals surface area contributed by atoms with Crippen LogP contribution in [-0.4, -0.2) is 0 Å². The number of rotatable bonds is 3. The van der Waals surface area contributed by atoms with Crippen molar-refractivity contribution in [1.82, 2.24) is 0 Å². The minimum absolute atomic E-state index is 0.575. The van der Waals surface area contributed by atoms with Crippen molar-refractivity contribution in [1.29, 1.82) is 0 Å². The van der Waals surface area contributed by atoms with Crippen molar-refractivity contribution in [3.63, 3.8) is 0 Å². The fourth-order valence-corrected chi connectivity index (χ4v) is 2.28. The zero-order valence-electron chi connectivity index (χ0n) is 9.26. The van der Waals surface area contributed by atoms with Crippen LogP contribution >= 0.6 is 22.9 Å². The van der Waals surface area contributed by atoms with Gasteiger partial charge in [-0.2, -0.15) is 0 Å². The van der Waals surface area contributed by atoms with Gasteiger partial charge < -0.3 is 3.53 Å². The van der Waals surface area contributed by atoms with E-state index < -0.39 is 0 Å². The Morgan fingerprint density at radius 2 is 1.43 bits per heavy atom. The molecule has 14 heavy (non-hydrogen) atoms. The molecule has 0 aliphatic carbocycles. The monoisotopic (exact) mass is 303 g/mol. The number of anilines is 1. The van der Waals surface area contributed by atoms with Gasteiger partial charge in [0.1, 0.15) is 0 Å². The van der Waals surface area contributed by atoms with Gasteiger partial charge in [-0.05, 0) is 23.0 Å². The Morgan fingerprint density at radius 1 is 1.00 bits per heavy atom. The van der Waals surface area contributed by atoms with Gasteiger partial charge in [0.05, 0.1) is 22.9 Å². The second-order valence-electron chi connectivity index (χ2n) is 4.22. The van der Waals surface area contributed by atoms with Crippen molar-refractivity contribution in [2.75, 3.05) is 3.53 Å². The Hall–Kier alpha value is -0.250. The molecule has 1 aromatic rings. The van der Waals surface area contributed by atoms with Gasteiger partial charge in [0, 0.05) is 5.69 Å². The first kappa shape index (κ1) is 11.8. The summed E-state index contributed by atoms with van der Waals surface area (Å²) in [5.74, 6) is 1.15. The highest BCUT2D eigenvalue weighted by Crippen LogP contribution is 2.32. The van der Waals surface area contributed by atoms with Crippen LogP contribution in [-0.2, 0) is 0 Å². The molecule has 0 unspecified atom stereocenters. The van der Waals surface area contributed by atoms with Crippen LogP contribution in [0.25, 0.3) is 0 Å². The van der Waals surface area contributed by atoms with Gasteiger partial charge in [-0.15, -0.1) is 0 Å². The van der Waals surface area contributed by atoms with Crippen molar-refractivity contribution in [3.8, 4) is 0 Å². The highest BCUT2D eigenvalue weighted by Gasteiger charge is 2.11. The highest BCUT2D eigenvalue weighted by atomic mass is 127. The number of hydrogen-bond donors (Lipinski definition) is 1. The van der Waals surface area contributed by atoms with Crippen LogP contribution in [0.1, 0.15) is 50.7 Å². The molecule has 1 aromatic carbocycles. The Bertz CT molecular complexity index is 279. The topological polar surface area (TPSA) is 12.0 Å². The summed E-state index contributed by atoms with van der Waals surface area (Å²) in [6, 6.07) is 6.57. The molecule has 1 rings (SSSR count). The SMILES string of the molecule is CC(C)c1cccc(C(C)C)c1NI. The lowest BCUT2D eigenvalue weighted by Gasteiger charge is -2.17. The summed E-state index contributed by atoms with van der Waals surface area (Å²) >= 11 is 2.22. The van der Waals surface area contributed by atoms with E-state index in [1.807, 2.05) is 0 Å². The van der Waals surface area contributed by atoms with E-state index in [4.69, 9.17) is 0 Å². The molecule has 1 N–H and O–H groups in total. The molecule has 0 aromatic heterocycles. The predicted octanol–water partition coefficient (Wildman–Crippen LogP) is 4.70. The normalized spacial score (nSPS) is 11.1. The molecule has 0 aliphatic heterocycles. The van der Waals surface area contributed by atoms with E-state index in [0.29, 0.717) is 11.8 Å². The van der Waals surface area contributed by atoms with Crippen molar-refractivity contribution < 1.29 is 0 Å². The van der Waals surface area contributed by atoms with Crippen molar-refractivity contribution in [2.45, 2.75) is 39.5 Å². The summed E-state index contributed by atoms with van der Waals surface area (Å²) in [6.07, 6.45) is 0. The van der Waals surface area contributed by atoms with Crippen LogP contribution in [0.2, 0.25) is 0 Å². The molecule has 0 amide bonds. The molecule has 0 aliphatic rings. The largest absolute Gasteiger partial charge is 0.328 e. The van der Waals surface area contributed by atoms with Crippen LogP contribution in [0.3, 0.4) is 0 Å². The van der Waals surface area contributed by atoms with Crippen LogP contribution in [0.4, 0.5) is 5.69 Å². The van der Waals surface area contributed by atoms with Crippen LogP contribution < -0.4 is 3.53 Å². The molecule has 2 heteroatoms. The van der Waals surface area contributed by atoms with E-state index in [2.05, 4.69) is 72.3 Å². The van der Waals surface area contributed by atoms with Gasteiger partial charge in [-0.1, -0.05) is 45.9 Å². The molecule has 0 heterocycles. The Kier molecular flexibility index (Phi) is 4.23. The lowest BCUT2D eigenvalue weighted by Crippen LogP contribution is -1.99. The number of halogens is 1. The van der Waals surface area contributed by atoms with Gasteiger partial charge in [-0.25, -0.2) is 0 Å². The maximum atomic E-state index is 3.30. The zero-order chi connectivity index (χ0) is 10.7. The van der Waals surface area contributed by atoms with Crippen molar-refractivity contribution in [2.24, 2.45) is 0 Å². The van der Waals surface area contributed by atoms with Crippen LogP contribution in [0.5, 0.6) is 0 Å². The molecule has 0 spiro atoms. The first-order valence-corrected chi connectivity index (χ1v) is 6.15. The van der Waals surface area contributed by atoms with Gasteiger partial charge in [0.2, 0.25) is 0 Å². The quantitative estimate of drug-likeness (QED) is 0.630. The second kappa shape index (κ2) is 5.01. The summed E-state index contributed by atoms with van der Waals surface area (Å²) in [6.45, 7) is 8.93. The number of benzene rings is 1. The van der Waals surface area contributed by atoms with Gasteiger partial charge in [0.15, 0.2) is 0 Å². The predicted molar refractivity (Wildman–Crippen MR) is 72.3 cm³/mol. The van der Waals surface area contributed by atoms with Crippen molar-refractivity contribution >= 4 is 28.6 Å². The summed E-state index contributed by atoms with van der Waals surface area (Å²) in [4.78, 5) is 0.